The molecule has 0 fully saturated rings. The molecule has 1 unspecified atom stereocenters. The lowest BCUT2D eigenvalue weighted by Gasteiger charge is -2.39. The summed E-state index contributed by atoms with van der Waals surface area (Å²) in [4.78, 5) is 13.3. The predicted octanol–water partition coefficient (Wildman–Crippen LogP) is 5.32. The molecule has 134 valence electrons. The Morgan fingerprint density at radius 2 is 1.52 bits per heavy atom. The molecule has 2 aromatic rings. The molecule has 0 aliphatic carbocycles. The van der Waals surface area contributed by atoms with Crippen molar-refractivity contribution in [1.82, 2.24) is 0 Å². The van der Waals surface area contributed by atoms with Gasteiger partial charge in [0, 0.05) is 6.42 Å². The zero-order valence-electron chi connectivity index (χ0n) is 16.2. The fraction of sp³-hybridized carbons (Fsp3) is 0.409. The Hall–Kier alpha value is -2.13. The molecule has 0 spiro atoms. The maximum absolute atomic E-state index is 13.3. The summed E-state index contributed by atoms with van der Waals surface area (Å²) in [6.07, 6.45) is 0.892. The second-order valence-corrected chi connectivity index (χ2v) is 6.90. The highest BCUT2D eigenvalue weighted by molar-refractivity contribution is 5.86. The topological polar surface area (TPSA) is 29.1 Å². The van der Waals surface area contributed by atoms with Gasteiger partial charge in [-0.25, -0.2) is 9.28 Å². The Balaban J connectivity index is 2.27. The number of para-hydroxylation sites is 1. The van der Waals surface area contributed by atoms with Crippen molar-refractivity contribution in [1.29, 1.82) is 0 Å². The van der Waals surface area contributed by atoms with E-state index in [-0.39, 0.29) is 12.1 Å². The molecular formula is C22H31N2O+. The van der Waals surface area contributed by atoms with Crippen LogP contribution in [-0.2, 0) is 6.42 Å². The van der Waals surface area contributed by atoms with Crippen molar-refractivity contribution in [2.24, 2.45) is 0 Å². The van der Waals surface area contributed by atoms with Gasteiger partial charge >= 0.3 is 6.03 Å². The first-order chi connectivity index (χ1) is 11.9. The Morgan fingerprint density at radius 3 is 2.04 bits per heavy atom. The van der Waals surface area contributed by atoms with Crippen molar-refractivity contribution in [3.05, 3.63) is 65.2 Å². The molecule has 2 aromatic carbocycles. The molecule has 1 N–H and O–H groups in total. The maximum Gasteiger partial charge on any atom is 0.421 e. The van der Waals surface area contributed by atoms with Gasteiger partial charge in [-0.2, -0.15) is 0 Å². The molecule has 0 saturated heterocycles. The number of carbonyl (C=O) groups excluding carboxylic acids is 1. The third kappa shape index (κ3) is 4.10. The number of aryl methyl sites for hydroxylation is 2. The smallest absolute Gasteiger partial charge is 0.275 e. The number of hydrogen-bond donors (Lipinski definition) is 1. The van der Waals surface area contributed by atoms with Gasteiger partial charge in [0.15, 0.2) is 0 Å². The molecule has 3 nitrogen and oxygen atoms in total. The number of anilines is 1. The van der Waals surface area contributed by atoms with Crippen LogP contribution >= 0.6 is 0 Å². The van der Waals surface area contributed by atoms with Crippen LogP contribution in [0.3, 0.4) is 0 Å². The lowest BCUT2D eigenvalue weighted by Crippen LogP contribution is -2.60. The molecule has 3 heteroatoms. The van der Waals surface area contributed by atoms with E-state index in [9.17, 15) is 4.79 Å². The van der Waals surface area contributed by atoms with Crippen molar-refractivity contribution in [3.8, 4) is 0 Å². The molecular weight excluding hydrogens is 308 g/mol. The number of nitrogens with zero attached hydrogens (tertiary/aromatic N) is 1. The van der Waals surface area contributed by atoms with Crippen molar-refractivity contribution < 1.29 is 9.28 Å². The first-order valence-electron chi connectivity index (χ1n) is 9.23. The largest absolute Gasteiger partial charge is 0.421 e. The number of carbonyl (C=O) groups is 1. The standard InChI is InChI=1S/C22H30N2O/c1-6-24(7-2,19(5)16-20-14-9-8-10-15-20)22(25)23-21-17(3)12-11-13-18(21)4/h8-15,19H,6-7,16H2,1-5H3/p+1. The number of likely N-dealkylation sites (N-methyl/N-ethyl adjacent to an activating group) is 1. The second kappa shape index (κ2) is 8.30. The number of hydrogen-bond acceptors (Lipinski definition) is 1. The first kappa shape index (κ1) is 19.2. The fourth-order valence-corrected chi connectivity index (χ4v) is 3.69. The van der Waals surface area contributed by atoms with Crippen LogP contribution < -0.4 is 5.32 Å². The normalized spacial score (nSPS) is 12.7. The minimum Gasteiger partial charge on any atom is -0.275 e. The van der Waals surface area contributed by atoms with Gasteiger partial charge in [-0.1, -0.05) is 48.5 Å². The van der Waals surface area contributed by atoms with Gasteiger partial charge in [-0.05, 0) is 51.3 Å². The quantitative estimate of drug-likeness (QED) is 0.709. The van der Waals surface area contributed by atoms with Crippen molar-refractivity contribution >= 4 is 11.7 Å². The van der Waals surface area contributed by atoms with Crippen molar-refractivity contribution in [2.75, 3.05) is 18.4 Å². The molecule has 0 aromatic heterocycles. The average Bonchev–Trinajstić information content (AvgIpc) is 2.61. The average molecular weight is 340 g/mol. The summed E-state index contributed by atoms with van der Waals surface area (Å²) in [5.41, 5.74) is 4.44. The molecule has 0 heterocycles. The summed E-state index contributed by atoms with van der Waals surface area (Å²) in [5, 5.41) is 3.22. The number of urea groups is 1. The van der Waals surface area contributed by atoms with E-state index < -0.39 is 0 Å². The van der Waals surface area contributed by atoms with Crippen LogP contribution in [0.4, 0.5) is 10.5 Å². The van der Waals surface area contributed by atoms with Crippen LogP contribution in [0.2, 0.25) is 0 Å². The van der Waals surface area contributed by atoms with Gasteiger partial charge in [0.25, 0.3) is 0 Å². The monoisotopic (exact) mass is 339 g/mol. The first-order valence-corrected chi connectivity index (χ1v) is 9.23. The summed E-state index contributed by atoms with van der Waals surface area (Å²) < 4.78 is 0.433. The van der Waals surface area contributed by atoms with Gasteiger partial charge < -0.3 is 0 Å². The zero-order chi connectivity index (χ0) is 18.4. The summed E-state index contributed by atoms with van der Waals surface area (Å²) in [6.45, 7) is 12.0. The van der Waals surface area contributed by atoms with Crippen LogP contribution in [0.15, 0.2) is 48.5 Å². The van der Waals surface area contributed by atoms with Gasteiger partial charge in [0.1, 0.15) is 0 Å². The van der Waals surface area contributed by atoms with E-state index in [1.54, 1.807) is 0 Å². The highest BCUT2D eigenvalue weighted by Gasteiger charge is 2.39. The Labute approximate surface area is 152 Å². The van der Waals surface area contributed by atoms with Crippen molar-refractivity contribution in [2.45, 2.75) is 47.1 Å². The van der Waals surface area contributed by atoms with Gasteiger partial charge in [0.05, 0.1) is 24.8 Å². The summed E-state index contributed by atoms with van der Waals surface area (Å²) in [7, 11) is 0. The second-order valence-electron chi connectivity index (χ2n) is 6.90. The summed E-state index contributed by atoms with van der Waals surface area (Å²) >= 11 is 0. The van der Waals surface area contributed by atoms with E-state index in [2.05, 4.69) is 50.4 Å². The molecule has 25 heavy (non-hydrogen) atoms. The maximum atomic E-state index is 13.3. The zero-order valence-corrected chi connectivity index (χ0v) is 16.2. The minimum atomic E-state index is 0.0887. The molecule has 2 rings (SSSR count). The minimum absolute atomic E-state index is 0.0887. The number of nitrogens with one attached hydrogen (secondary N) is 1. The van der Waals surface area contributed by atoms with Crippen LogP contribution in [0.25, 0.3) is 0 Å². The Morgan fingerprint density at radius 1 is 0.960 bits per heavy atom. The van der Waals surface area contributed by atoms with Crippen LogP contribution in [-0.4, -0.2) is 29.6 Å². The van der Waals surface area contributed by atoms with Crippen LogP contribution in [0.5, 0.6) is 0 Å². The molecule has 1 atom stereocenters. The van der Waals surface area contributed by atoms with E-state index in [4.69, 9.17) is 0 Å². The molecule has 0 aliphatic heterocycles. The van der Waals surface area contributed by atoms with Gasteiger partial charge in [-0.15, -0.1) is 0 Å². The lowest BCUT2D eigenvalue weighted by molar-refractivity contribution is -0.868. The van der Waals surface area contributed by atoms with Crippen molar-refractivity contribution in [3.63, 3.8) is 0 Å². The summed E-state index contributed by atoms with van der Waals surface area (Å²) in [6, 6.07) is 16.8. The van der Waals surface area contributed by atoms with Crippen LogP contribution in [0.1, 0.15) is 37.5 Å². The Bertz CT molecular complexity index is 685. The highest BCUT2D eigenvalue weighted by atomic mass is 16.2. The highest BCUT2D eigenvalue weighted by Crippen LogP contribution is 2.24. The number of benzene rings is 2. The van der Waals surface area contributed by atoms with E-state index in [1.807, 2.05) is 38.1 Å². The predicted molar refractivity (Wildman–Crippen MR) is 106 cm³/mol. The Kier molecular flexibility index (Phi) is 6.38. The summed E-state index contributed by atoms with van der Waals surface area (Å²) in [5.74, 6) is 0. The van der Waals surface area contributed by atoms with Gasteiger partial charge in [0.2, 0.25) is 0 Å². The third-order valence-corrected chi connectivity index (χ3v) is 5.46. The van der Waals surface area contributed by atoms with Crippen LogP contribution in [0, 0.1) is 13.8 Å². The van der Waals surface area contributed by atoms with Gasteiger partial charge in [-0.3, -0.25) is 5.32 Å². The molecule has 0 aliphatic rings. The van der Waals surface area contributed by atoms with E-state index in [0.29, 0.717) is 4.48 Å². The molecule has 2 amide bonds. The number of amides is 2. The lowest BCUT2D eigenvalue weighted by atomic mass is 10.0. The fourth-order valence-electron chi connectivity index (χ4n) is 3.69. The number of quaternary nitrogens is 1. The molecule has 0 saturated carbocycles. The molecule has 0 bridgehead atoms. The third-order valence-electron chi connectivity index (χ3n) is 5.46. The SMILES string of the molecule is CC[N+](CC)(C(=O)Nc1c(C)cccc1C)C(C)Cc1ccccc1. The van der Waals surface area contributed by atoms with E-state index >= 15 is 0 Å². The van der Waals surface area contributed by atoms with E-state index in [0.717, 1.165) is 36.3 Å². The van der Waals surface area contributed by atoms with E-state index in [1.165, 1.54) is 5.56 Å². The molecule has 0 radical (unpaired) electrons. The number of rotatable bonds is 6.